The lowest BCUT2D eigenvalue weighted by Gasteiger charge is -2.27. The Labute approximate surface area is 127 Å². The standard InChI is InChI=1S/C16H16N2O4/c1-9(10-3-2-6-17-7-10)18-8-16-5-4-11(22-16)12(15(20)21)13(16)14(18)19/h2-7,9,11-13H,8H2,1H3,(H,20,21)/p-1/t9-,11-,12-,13+,16+/m0/s1. The van der Waals surface area contributed by atoms with Crippen LogP contribution in [0.2, 0.25) is 0 Å². The Kier molecular flexibility index (Phi) is 2.69. The van der Waals surface area contributed by atoms with Gasteiger partial charge in [-0.05, 0) is 18.6 Å². The number of carboxylic acids is 1. The Bertz CT molecular complexity index is 674. The van der Waals surface area contributed by atoms with E-state index in [1.165, 1.54) is 0 Å². The van der Waals surface area contributed by atoms with Crippen LogP contribution in [0.4, 0.5) is 0 Å². The van der Waals surface area contributed by atoms with Crippen LogP contribution in [0.3, 0.4) is 0 Å². The fraction of sp³-hybridized carbons (Fsp3) is 0.438. The zero-order valence-electron chi connectivity index (χ0n) is 12.0. The molecule has 0 unspecified atom stereocenters. The maximum absolute atomic E-state index is 12.8. The van der Waals surface area contributed by atoms with Crippen LogP contribution < -0.4 is 5.11 Å². The molecule has 0 N–H and O–H groups in total. The van der Waals surface area contributed by atoms with Crippen molar-refractivity contribution in [3.8, 4) is 0 Å². The van der Waals surface area contributed by atoms with Crippen molar-refractivity contribution >= 4 is 11.9 Å². The fourth-order valence-corrected chi connectivity index (χ4v) is 3.93. The second-order valence-corrected chi connectivity index (χ2v) is 6.15. The van der Waals surface area contributed by atoms with Crippen LogP contribution in [0.5, 0.6) is 0 Å². The summed E-state index contributed by atoms with van der Waals surface area (Å²) in [4.78, 5) is 30.0. The van der Waals surface area contributed by atoms with Gasteiger partial charge >= 0.3 is 0 Å². The molecular formula is C16H15N2O4-. The van der Waals surface area contributed by atoms with Crippen LogP contribution in [0.15, 0.2) is 36.7 Å². The zero-order chi connectivity index (χ0) is 15.5. The highest BCUT2D eigenvalue weighted by Gasteiger charge is 2.65. The monoisotopic (exact) mass is 299 g/mol. The van der Waals surface area contributed by atoms with Gasteiger partial charge in [-0.3, -0.25) is 9.78 Å². The summed E-state index contributed by atoms with van der Waals surface area (Å²) in [6.07, 6.45) is 6.43. The molecule has 0 aliphatic carbocycles. The van der Waals surface area contributed by atoms with E-state index in [9.17, 15) is 14.7 Å². The molecule has 4 rings (SSSR count). The Hall–Kier alpha value is -2.21. The van der Waals surface area contributed by atoms with Gasteiger partial charge < -0.3 is 19.5 Å². The molecule has 1 aromatic heterocycles. The molecule has 0 radical (unpaired) electrons. The summed E-state index contributed by atoms with van der Waals surface area (Å²) < 4.78 is 5.83. The molecule has 6 heteroatoms. The van der Waals surface area contributed by atoms with Crippen molar-refractivity contribution in [3.63, 3.8) is 0 Å². The van der Waals surface area contributed by atoms with E-state index < -0.39 is 29.5 Å². The Morgan fingerprint density at radius 3 is 3.09 bits per heavy atom. The van der Waals surface area contributed by atoms with Crippen LogP contribution in [-0.4, -0.2) is 40.0 Å². The molecule has 1 aromatic rings. The Balaban J connectivity index is 1.68. The van der Waals surface area contributed by atoms with Crippen molar-refractivity contribution in [2.24, 2.45) is 11.8 Å². The van der Waals surface area contributed by atoms with Crippen molar-refractivity contribution in [1.29, 1.82) is 0 Å². The number of likely N-dealkylation sites (tertiary alicyclic amines) is 1. The van der Waals surface area contributed by atoms with E-state index in [0.29, 0.717) is 6.54 Å². The first-order valence-electron chi connectivity index (χ1n) is 7.32. The molecule has 2 saturated heterocycles. The van der Waals surface area contributed by atoms with Crippen molar-refractivity contribution in [1.82, 2.24) is 9.88 Å². The van der Waals surface area contributed by atoms with E-state index in [1.54, 1.807) is 23.4 Å². The minimum atomic E-state index is -1.22. The number of carbonyl (C=O) groups excluding carboxylic acids is 2. The zero-order valence-corrected chi connectivity index (χ0v) is 12.0. The van der Waals surface area contributed by atoms with E-state index in [-0.39, 0.29) is 11.9 Å². The number of pyridine rings is 1. The fourth-order valence-electron chi connectivity index (χ4n) is 3.93. The lowest BCUT2D eigenvalue weighted by atomic mass is 9.77. The van der Waals surface area contributed by atoms with E-state index in [1.807, 2.05) is 25.1 Å². The SMILES string of the molecule is C[C@@H](c1cccnc1)N1C[C@@]23C=C[C@H](O2)[C@H](C(=O)[O-])[C@@H]3C1=O. The molecule has 0 saturated carbocycles. The second-order valence-electron chi connectivity index (χ2n) is 6.15. The number of hydrogen-bond donors (Lipinski definition) is 0. The highest BCUT2D eigenvalue weighted by atomic mass is 16.5. The number of aliphatic carboxylic acids is 1. The number of aromatic nitrogens is 1. The number of carbonyl (C=O) groups is 2. The maximum atomic E-state index is 12.8. The average molecular weight is 299 g/mol. The molecule has 2 fully saturated rings. The number of rotatable bonds is 3. The second kappa shape index (κ2) is 4.39. The normalized spacial score (nSPS) is 36.7. The Morgan fingerprint density at radius 1 is 1.59 bits per heavy atom. The van der Waals surface area contributed by atoms with Gasteiger partial charge in [0, 0.05) is 24.3 Å². The van der Waals surface area contributed by atoms with Gasteiger partial charge in [-0.1, -0.05) is 18.2 Å². The maximum Gasteiger partial charge on any atom is 0.230 e. The quantitative estimate of drug-likeness (QED) is 0.714. The highest BCUT2D eigenvalue weighted by molar-refractivity contribution is 5.90. The summed E-state index contributed by atoms with van der Waals surface area (Å²) >= 11 is 0. The summed E-state index contributed by atoms with van der Waals surface area (Å²) in [7, 11) is 0. The molecule has 114 valence electrons. The number of fused-ring (bicyclic) bond motifs is 1. The van der Waals surface area contributed by atoms with E-state index >= 15 is 0 Å². The smallest absolute Gasteiger partial charge is 0.230 e. The first-order chi connectivity index (χ1) is 10.5. The van der Waals surface area contributed by atoms with Gasteiger partial charge in [0.2, 0.25) is 5.91 Å². The summed E-state index contributed by atoms with van der Waals surface area (Å²) in [6.45, 7) is 2.28. The average Bonchev–Trinajstić information content (AvgIpc) is 3.15. The molecule has 4 heterocycles. The van der Waals surface area contributed by atoms with Crippen LogP contribution in [0.1, 0.15) is 18.5 Å². The topological polar surface area (TPSA) is 82.6 Å². The molecule has 22 heavy (non-hydrogen) atoms. The minimum Gasteiger partial charge on any atom is -0.550 e. The van der Waals surface area contributed by atoms with Gasteiger partial charge in [-0.15, -0.1) is 0 Å². The van der Waals surface area contributed by atoms with Crippen molar-refractivity contribution in [2.75, 3.05) is 6.54 Å². The third-order valence-electron chi connectivity index (χ3n) is 5.04. The van der Waals surface area contributed by atoms with Crippen LogP contribution in [0.25, 0.3) is 0 Å². The van der Waals surface area contributed by atoms with Gasteiger partial charge in [0.05, 0.1) is 24.6 Å². The molecule has 3 aliphatic heterocycles. The number of nitrogens with zero attached hydrogens (tertiary/aromatic N) is 2. The highest BCUT2D eigenvalue weighted by Crippen LogP contribution is 2.52. The van der Waals surface area contributed by atoms with Gasteiger partial charge in [-0.2, -0.15) is 0 Å². The molecule has 2 bridgehead atoms. The molecule has 1 spiro atoms. The van der Waals surface area contributed by atoms with Crippen molar-refractivity contribution in [3.05, 3.63) is 42.2 Å². The van der Waals surface area contributed by atoms with Crippen LogP contribution in [-0.2, 0) is 14.3 Å². The van der Waals surface area contributed by atoms with Gasteiger partial charge in [0.1, 0.15) is 5.60 Å². The number of amides is 1. The van der Waals surface area contributed by atoms with Crippen molar-refractivity contribution < 1.29 is 19.4 Å². The van der Waals surface area contributed by atoms with Crippen LogP contribution >= 0.6 is 0 Å². The van der Waals surface area contributed by atoms with E-state index in [2.05, 4.69) is 4.98 Å². The summed E-state index contributed by atoms with van der Waals surface area (Å²) in [5, 5.41) is 11.4. The number of hydrogen-bond acceptors (Lipinski definition) is 5. The molecule has 6 nitrogen and oxygen atoms in total. The first kappa shape index (κ1) is 13.5. The van der Waals surface area contributed by atoms with Gasteiger partial charge in [-0.25, -0.2) is 0 Å². The molecular weight excluding hydrogens is 284 g/mol. The summed E-state index contributed by atoms with van der Waals surface area (Å²) in [6, 6.07) is 3.54. The predicted octanol–water partition coefficient (Wildman–Crippen LogP) is -0.326. The first-order valence-corrected chi connectivity index (χ1v) is 7.32. The molecule has 0 aromatic carbocycles. The summed E-state index contributed by atoms with van der Waals surface area (Å²) in [5.41, 5.74) is 0.0962. The molecule has 1 amide bonds. The summed E-state index contributed by atoms with van der Waals surface area (Å²) in [5.74, 6) is -2.99. The Morgan fingerprint density at radius 2 is 2.41 bits per heavy atom. The largest absolute Gasteiger partial charge is 0.550 e. The minimum absolute atomic E-state index is 0.181. The van der Waals surface area contributed by atoms with Crippen LogP contribution in [0, 0.1) is 11.8 Å². The third kappa shape index (κ3) is 1.61. The molecule has 3 aliphatic rings. The number of carboxylic acid groups (broad SMARTS) is 1. The lowest BCUT2D eigenvalue weighted by Crippen LogP contribution is -2.45. The van der Waals surface area contributed by atoms with Gasteiger partial charge in [0.25, 0.3) is 0 Å². The lowest BCUT2D eigenvalue weighted by molar-refractivity contribution is -0.313. The predicted molar refractivity (Wildman–Crippen MR) is 73.1 cm³/mol. The molecule has 5 atom stereocenters. The third-order valence-corrected chi connectivity index (χ3v) is 5.04. The number of ether oxygens (including phenoxy) is 1. The van der Waals surface area contributed by atoms with Crippen molar-refractivity contribution in [2.45, 2.75) is 24.7 Å². The van der Waals surface area contributed by atoms with E-state index in [4.69, 9.17) is 4.74 Å². The van der Waals surface area contributed by atoms with Gasteiger partial charge in [0.15, 0.2) is 0 Å². The van der Waals surface area contributed by atoms with E-state index in [0.717, 1.165) is 5.56 Å².